The zero-order valence-electron chi connectivity index (χ0n) is 52.9. The number of aromatic carboxylic acids is 1. The summed E-state index contributed by atoms with van der Waals surface area (Å²) in [5, 5.41) is 22.4. The Hall–Kier alpha value is -7.64. The molecule has 0 bridgehead atoms. The molecule has 25 heteroatoms. The lowest BCUT2D eigenvalue weighted by Gasteiger charge is -2.44. The number of anilines is 4. The van der Waals surface area contributed by atoms with Crippen LogP contribution in [0.1, 0.15) is 140 Å². The first-order valence-corrected chi connectivity index (χ1v) is 33.5. The van der Waals surface area contributed by atoms with Gasteiger partial charge >= 0.3 is 18.2 Å². The zero-order valence-corrected chi connectivity index (χ0v) is 58.4. The van der Waals surface area contributed by atoms with Gasteiger partial charge in [-0.2, -0.15) is 9.78 Å². The fourth-order valence-corrected chi connectivity index (χ4v) is 12.3. The van der Waals surface area contributed by atoms with Crippen LogP contribution in [0, 0.1) is 5.41 Å². The second-order valence-corrected chi connectivity index (χ2v) is 28.0. The largest absolute Gasteiger partial charge is 0.477 e. The Bertz CT molecular complexity index is 4000. The minimum Gasteiger partial charge on any atom is -0.477 e. The molecule has 4 aliphatic rings. The summed E-state index contributed by atoms with van der Waals surface area (Å²) in [4.78, 5) is 71.2. The van der Waals surface area contributed by atoms with Crippen LogP contribution in [0.3, 0.4) is 0 Å². The number of aliphatic imine (C=N–C) groups is 1. The smallest absolute Gasteiger partial charge is 0.435 e. The van der Waals surface area contributed by atoms with E-state index in [1.165, 1.54) is 61.0 Å². The molecule has 9 aromatic rings. The maximum Gasteiger partial charge on any atom is 0.435 e. The molecular weight excluding hydrogens is 1400 g/mol. The normalized spacial score (nSPS) is 15.2. The molecule has 4 aromatic carbocycles. The first-order chi connectivity index (χ1) is 44.3. The van der Waals surface area contributed by atoms with E-state index in [1.54, 1.807) is 49.8 Å². The maximum atomic E-state index is 12.2. The number of piperidine rings is 1. The van der Waals surface area contributed by atoms with Gasteiger partial charge in [0.05, 0.1) is 30.6 Å². The third kappa shape index (κ3) is 23.9. The SMILES string of the molecule is C.C.CC(=O)c1cc2ccc(Br)cc2[nH]1.CC(C)(C)OC(=O)N1CCC2(CCCCC2)CC1.CC(C)(C)OC(=O)n1ncc2cc(Nc3ccnc(Cl)n3)ccc21.Clc1nccc(Nc2ccc(C3=CCN=C3)cc2)n1.NC1CCOC1.O=C(O)c1cc2ccc(Br)cc2s1. The number of allylic oxidation sites excluding steroid dienone is 1. The second-order valence-electron chi connectivity index (χ2n) is 24.4. The number of ketones is 1. The summed E-state index contributed by atoms with van der Waals surface area (Å²) in [6, 6.07) is 32.5. The van der Waals surface area contributed by atoms with Crippen LogP contribution in [0.2, 0.25) is 10.6 Å². The van der Waals surface area contributed by atoms with Crippen LogP contribution in [0.15, 0.2) is 142 Å². The number of aromatic amines is 1. The number of carbonyl (C=O) groups excluding carboxylic acids is 3. The van der Waals surface area contributed by atoms with E-state index in [0.717, 1.165) is 97.1 Å². The molecule has 1 aliphatic carbocycles. The first kappa shape index (κ1) is 76.4. The molecule has 2 saturated heterocycles. The van der Waals surface area contributed by atoms with E-state index in [0.29, 0.717) is 39.2 Å². The molecule has 3 aliphatic heterocycles. The van der Waals surface area contributed by atoms with Crippen LogP contribution in [0.4, 0.5) is 32.6 Å². The van der Waals surface area contributed by atoms with Crippen LogP contribution >= 0.6 is 66.4 Å². The molecule has 506 valence electrons. The molecule has 13 rings (SSSR count). The molecule has 6 N–H and O–H groups in total. The van der Waals surface area contributed by atoms with Gasteiger partial charge in [0.25, 0.3) is 0 Å². The topological polar surface area (TPSA) is 267 Å². The molecule has 1 unspecified atom stereocenters. The van der Waals surface area contributed by atoms with Gasteiger partial charge in [0.2, 0.25) is 10.6 Å². The van der Waals surface area contributed by atoms with E-state index in [2.05, 4.69) is 83.6 Å². The predicted octanol–water partition coefficient (Wildman–Crippen LogP) is 18.8. The molecule has 20 nitrogen and oxygen atoms in total. The van der Waals surface area contributed by atoms with Gasteiger partial charge in [-0.25, -0.2) is 34.3 Å². The molecule has 1 saturated carbocycles. The van der Waals surface area contributed by atoms with Gasteiger partial charge in [0.1, 0.15) is 27.7 Å². The van der Waals surface area contributed by atoms with Crippen molar-refractivity contribution in [3.05, 3.63) is 163 Å². The van der Waals surface area contributed by atoms with Crippen molar-refractivity contribution in [2.75, 3.05) is 43.5 Å². The number of benzene rings is 4. The molecule has 1 atom stereocenters. The average Bonchev–Trinajstić information content (AvgIpc) is 1.58. The molecular formula is C70H84Br2Cl2N12O8S. The van der Waals surface area contributed by atoms with Crippen molar-refractivity contribution in [1.82, 2.24) is 39.6 Å². The molecule has 95 heavy (non-hydrogen) atoms. The van der Waals surface area contributed by atoms with E-state index in [-0.39, 0.29) is 42.9 Å². The zero-order chi connectivity index (χ0) is 66.9. The number of hydrogen-bond acceptors (Lipinski definition) is 17. The molecule has 1 spiro atoms. The Labute approximate surface area is 586 Å². The first-order valence-electron chi connectivity index (χ1n) is 30.3. The summed E-state index contributed by atoms with van der Waals surface area (Å²) in [6.45, 7) is 16.9. The van der Waals surface area contributed by atoms with Crippen molar-refractivity contribution in [3.8, 4) is 0 Å². The predicted molar refractivity (Wildman–Crippen MR) is 392 cm³/mol. The van der Waals surface area contributed by atoms with Crippen LogP contribution in [0.5, 0.6) is 0 Å². The van der Waals surface area contributed by atoms with Crippen molar-refractivity contribution < 1.29 is 38.5 Å². The van der Waals surface area contributed by atoms with Gasteiger partial charge in [0, 0.05) is 92.6 Å². The Kier molecular flexibility index (Phi) is 28.4. The highest BCUT2D eigenvalue weighted by molar-refractivity contribution is 9.10. The van der Waals surface area contributed by atoms with E-state index in [9.17, 15) is 19.2 Å². The minimum absolute atomic E-state index is 0. The van der Waals surface area contributed by atoms with Gasteiger partial charge in [-0.3, -0.25) is 9.79 Å². The maximum absolute atomic E-state index is 12.2. The summed E-state index contributed by atoms with van der Waals surface area (Å²) in [7, 11) is 0. The molecule has 5 aromatic heterocycles. The summed E-state index contributed by atoms with van der Waals surface area (Å²) >= 11 is 19.5. The van der Waals surface area contributed by atoms with E-state index >= 15 is 0 Å². The number of nitrogens with one attached hydrogen (secondary N) is 3. The summed E-state index contributed by atoms with van der Waals surface area (Å²) in [5.41, 5.74) is 11.4. The van der Waals surface area contributed by atoms with Crippen LogP contribution < -0.4 is 16.4 Å². The number of nitrogens with two attached hydrogens (primary N) is 1. The highest BCUT2D eigenvalue weighted by Crippen LogP contribution is 2.44. The third-order valence-corrected chi connectivity index (χ3v) is 17.2. The Balaban J connectivity index is 0.000000185. The summed E-state index contributed by atoms with van der Waals surface area (Å²) in [5.74, 6) is 0.452. The van der Waals surface area contributed by atoms with Gasteiger partial charge < -0.3 is 45.6 Å². The Morgan fingerprint density at radius 1 is 0.737 bits per heavy atom. The monoisotopic (exact) mass is 1480 g/mol. The van der Waals surface area contributed by atoms with Gasteiger partial charge in [0.15, 0.2) is 5.78 Å². The third-order valence-electron chi connectivity index (χ3n) is 14.8. The summed E-state index contributed by atoms with van der Waals surface area (Å²) in [6.07, 6.45) is 18.4. The average molecular weight is 1480 g/mol. The number of H-pyrrole nitrogens is 1. The highest BCUT2D eigenvalue weighted by Gasteiger charge is 2.37. The Morgan fingerprint density at radius 3 is 1.88 bits per heavy atom. The number of Topliss-reactive ketones (excluding diaryl/α,β-unsaturated/α-hetero) is 1. The number of halogens is 4. The van der Waals surface area contributed by atoms with E-state index in [1.807, 2.05) is 132 Å². The Morgan fingerprint density at radius 2 is 1.34 bits per heavy atom. The number of ether oxygens (including phenoxy) is 3. The van der Waals surface area contributed by atoms with Crippen LogP contribution in [-0.4, -0.2) is 125 Å². The number of carbonyl (C=O) groups is 4. The number of carboxylic acids is 1. The highest BCUT2D eigenvalue weighted by atomic mass is 79.9. The number of likely N-dealkylation sites (tertiary alicyclic amines) is 1. The number of rotatable bonds is 7. The number of carboxylic acid groups (broad SMARTS) is 1. The van der Waals surface area contributed by atoms with Crippen molar-refractivity contribution in [2.24, 2.45) is 16.1 Å². The number of thiophene rings is 1. The number of hydrogen-bond donors (Lipinski definition) is 5. The lowest BCUT2D eigenvalue weighted by Crippen LogP contribution is -2.45. The number of nitrogens with zero attached hydrogens (tertiary/aromatic N) is 8. The fourth-order valence-electron chi connectivity index (χ4n) is 10.2. The van der Waals surface area contributed by atoms with Gasteiger partial charge in [-0.1, -0.05) is 96.3 Å². The van der Waals surface area contributed by atoms with Crippen molar-refractivity contribution >= 4 is 157 Å². The van der Waals surface area contributed by atoms with Crippen molar-refractivity contribution in [1.29, 1.82) is 0 Å². The summed E-state index contributed by atoms with van der Waals surface area (Å²) < 4.78 is 19.9. The molecule has 3 fully saturated rings. The van der Waals surface area contributed by atoms with Crippen LogP contribution in [-0.2, 0) is 14.2 Å². The standard InChI is InChI=1S/C16H16ClN5O2.C15H27NO2.C14H11ClN4.C10H8BrNO.C9H5BrO2S.C4H9NO.2CH4/c1-16(2,3)24-15(23)22-12-5-4-11(8-10(12)9-19-22)20-13-6-7-18-14(17)21-13;1-14(2,3)18-13(17)16-11-9-15(10-12-16)7-5-4-6-8-15;15-14-17-8-6-13(19-14)18-12-3-1-10(2-4-12)11-5-7-16-9-11;1-6(13)9-4-7-2-3-8(11)5-10(7)12-9;10-6-2-1-5-3-8(9(11)12)13-7(5)4-6;5-4-1-2-6-3-4;;/h4-9H,1-3H3,(H,18,20,21);4-12H2,1-3H3;1-6,8-9H,7H2,(H,17,18,19);2-5,12H,1H3;1-4H,(H,11,12);4H,1-3,5H2;2*1H4. The van der Waals surface area contributed by atoms with Gasteiger partial charge in [-0.15, -0.1) is 11.3 Å². The second kappa shape index (κ2) is 35.4. The molecule has 0 radical (unpaired) electrons. The van der Waals surface area contributed by atoms with Gasteiger partial charge in [-0.05, 0) is 198 Å². The quantitative estimate of drug-likeness (QED) is 0.0733. The molecule has 8 heterocycles. The van der Waals surface area contributed by atoms with Crippen molar-refractivity contribution in [2.45, 2.75) is 132 Å². The number of aromatic nitrogens is 7. The van der Waals surface area contributed by atoms with E-state index < -0.39 is 17.7 Å². The number of fused-ring (bicyclic) bond motifs is 3. The minimum atomic E-state index is -0.864. The fraction of sp³-hybridized carbons (Fsp3) is 0.371. The van der Waals surface area contributed by atoms with Crippen LogP contribution in [0.25, 0.3) is 37.5 Å². The van der Waals surface area contributed by atoms with E-state index in [4.69, 9.17) is 48.3 Å². The number of amides is 1. The molecule has 1 amide bonds. The lowest BCUT2D eigenvalue weighted by atomic mass is 9.68. The van der Waals surface area contributed by atoms with Crippen molar-refractivity contribution in [3.63, 3.8) is 0 Å². The lowest BCUT2D eigenvalue weighted by molar-refractivity contribution is 0.00445.